The molecule has 2 rings (SSSR count). The van der Waals surface area contributed by atoms with E-state index in [4.69, 9.17) is 6.42 Å². The van der Waals surface area contributed by atoms with Crippen LogP contribution in [0.2, 0.25) is 0 Å². The van der Waals surface area contributed by atoms with Crippen LogP contribution in [0, 0.1) is 12.3 Å². The molecule has 0 aliphatic carbocycles. The number of nitrogens with one attached hydrogen (secondary N) is 2. The fourth-order valence-electron chi connectivity index (χ4n) is 1.75. The zero-order valence-corrected chi connectivity index (χ0v) is 9.97. The van der Waals surface area contributed by atoms with Gasteiger partial charge in [-0.2, -0.15) is 0 Å². The summed E-state index contributed by atoms with van der Waals surface area (Å²) < 4.78 is 1.20. The Balaban J connectivity index is 2.49. The van der Waals surface area contributed by atoms with E-state index in [1.54, 1.807) is 24.3 Å². The lowest BCUT2D eigenvalue weighted by atomic mass is 10.2. The van der Waals surface area contributed by atoms with Crippen molar-refractivity contribution in [2.75, 3.05) is 6.54 Å². The van der Waals surface area contributed by atoms with Crippen LogP contribution >= 0.6 is 0 Å². The van der Waals surface area contributed by atoms with Crippen molar-refractivity contribution < 1.29 is 4.79 Å². The molecule has 0 atom stereocenters. The van der Waals surface area contributed by atoms with Crippen LogP contribution in [0.3, 0.4) is 0 Å². The van der Waals surface area contributed by atoms with Gasteiger partial charge in [-0.15, -0.1) is 6.42 Å². The number of carbonyl (C=O) groups is 1. The third-order valence-electron chi connectivity index (χ3n) is 2.59. The van der Waals surface area contributed by atoms with Crippen molar-refractivity contribution in [3.05, 3.63) is 45.1 Å². The quantitative estimate of drug-likeness (QED) is 0.723. The van der Waals surface area contributed by atoms with E-state index in [0.29, 0.717) is 10.9 Å². The first-order valence-corrected chi connectivity index (χ1v) is 5.55. The fourth-order valence-corrected chi connectivity index (χ4v) is 1.75. The van der Waals surface area contributed by atoms with Crippen molar-refractivity contribution in [1.82, 2.24) is 14.9 Å². The van der Waals surface area contributed by atoms with Crippen molar-refractivity contribution in [3.8, 4) is 12.3 Å². The molecule has 0 aliphatic heterocycles. The van der Waals surface area contributed by atoms with E-state index < -0.39 is 17.2 Å². The third-order valence-corrected chi connectivity index (χ3v) is 2.59. The lowest BCUT2D eigenvalue weighted by Crippen LogP contribution is -2.36. The Bertz CT molecular complexity index is 780. The van der Waals surface area contributed by atoms with E-state index in [2.05, 4.69) is 16.2 Å². The highest BCUT2D eigenvalue weighted by Crippen LogP contribution is 2.06. The second-order valence-electron chi connectivity index (χ2n) is 3.84. The second kappa shape index (κ2) is 5.23. The number of terminal acetylenes is 1. The molecule has 1 heterocycles. The van der Waals surface area contributed by atoms with Crippen LogP contribution in [0.4, 0.5) is 0 Å². The molecule has 2 N–H and O–H groups in total. The van der Waals surface area contributed by atoms with Crippen LogP contribution in [0.15, 0.2) is 33.9 Å². The molecule has 0 aliphatic rings. The Labute approximate surface area is 108 Å². The van der Waals surface area contributed by atoms with Gasteiger partial charge in [0.1, 0.15) is 6.54 Å². The van der Waals surface area contributed by atoms with Gasteiger partial charge < -0.3 is 5.32 Å². The van der Waals surface area contributed by atoms with Crippen LogP contribution < -0.4 is 16.6 Å². The molecular weight excluding hydrogens is 246 g/mol. The molecule has 1 aromatic carbocycles. The van der Waals surface area contributed by atoms with Gasteiger partial charge in [0.25, 0.3) is 5.56 Å². The fraction of sp³-hybridized carbons (Fsp3) is 0.154. The summed E-state index contributed by atoms with van der Waals surface area (Å²) in [5.41, 5.74) is -0.687. The monoisotopic (exact) mass is 257 g/mol. The summed E-state index contributed by atoms with van der Waals surface area (Å²) in [6.07, 6.45) is 5.03. The maximum Gasteiger partial charge on any atom is 0.329 e. The number of H-pyrrole nitrogens is 1. The molecule has 0 saturated carbocycles. The van der Waals surface area contributed by atoms with Crippen molar-refractivity contribution in [2.45, 2.75) is 6.54 Å². The number of carbonyl (C=O) groups excluding carboxylic acids is 1. The Morgan fingerprint density at radius 3 is 2.84 bits per heavy atom. The average molecular weight is 257 g/mol. The number of para-hydroxylation sites is 1. The van der Waals surface area contributed by atoms with Crippen molar-refractivity contribution in [2.24, 2.45) is 0 Å². The smallest absolute Gasteiger partial charge is 0.329 e. The summed E-state index contributed by atoms with van der Waals surface area (Å²) in [6.45, 7) is -0.104. The van der Waals surface area contributed by atoms with E-state index in [0.717, 1.165) is 0 Å². The number of nitrogens with zero attached hydrogens (tertiary/aromatic N) is 1. The summed E-state index contributed by atoms with van der Waals surface area (Å²) >= 11 is 0. The van der Waals surface area contributed by atoms with Crippen LogP contribution in [0.1, 0.15) is 0 Å². The summed E-state index contributed by atoms with van der Waals surface area (Å²) in [6, 6.07) is 6.58. The van der Waals surface area contributed by atoms with Crippen LogP contribution in [0.25, 0.3) is 10.9 Å². The molecule has 0 radical (unpaired) electrons. The zero-order chi connectivity index (χ0) is 13.8. The molecule has 1 amide bonds. The number of fused-ring (bicyclic) bond motifs is 1. The highest BCUT2D eigenvalue weighted by atomic mass is 16.2. The molecule has 0 bridgehead atoms. The minimum absolute atomic E-state index is 0.0921. The van der Waals surface area contributed by atoms with Crippen molar-refractivity contribution in [1.29, 1.82) is 0 Å². The number of rotatable bonds is 3. The number of amides is 1. The summed E-state index contributed by atoms with van der Waals surface area (Å²) in [5.74, 6) is 1.88. The van der Waals surface area contributed by atoms with E-state index >= 15 is 0 Å². The van der Waals surface area contributed by atoms with Gasteiger partial charge in [0.2, 0.25) is 5.91 Å². The SMILES string of the molecule is C#CCNC(=O)Cn1c(=O)[nH]c(=O)c2ccccc21. The Hall–Kier alpha value is -2.81. The minimum Gasteiger partial charge on any atom is -0.344 e. The molecule has 0 spiro atoms. The molecule has 96 valence electrons. The van der Waals surface area contributed by atoms with E-state index in [9.17, 15) is 14.4 Å². The zero-order valence-electron chi connectivity index (χ0n) is 9.97. The first-order chi connectivity index (χ1) is 9.13. The molecule has 0 saturated heterocycles. The van der Waals surface area contributed by atoms with Crippen LogP contribution in [-0.4, -0.2) is 22.0 Å². The molecule has 0 unspecified atom stereocenters. The highest BCUT2D eigenvalue weighted by Gasteiger charge is 2.09. The van der Waals surface area contributed by atoms with Gasteiger partial charge in [-0.05, 0) is 12.1 Å². The summed E-state index contributed by atoms with van der Waals surface area (Å²) in [5, 5.41) is 2.81. The van der Waals surface area contributed by atoms with Gasteiger partial charge in [0, 0.05) is 0 Å². The number of hydrogen-bond donors (Lipinski definition) is 2. The molecule has 1 aromatic heterocycles. The molecule has 6 nitrogen and oxygen atoms in total. The topological polar surface area (TPSA) is 84.0 Å². The molecule has 19 heavy (non-hydrogen) atoms. The Kier molecular flexibility index (Phi) is 3.48. The maximum atomic E-state index is 11.8. The predicted molar refractivity (Wildman–Crippen MR) is 70.7 cm³/mol. The summed E-state index contributed by atoms with van der Waals surface area (Å²) in [7, 11) is 0. The number of aromatic nitrogens is 2. The highest BCUT2D eigenvalue weighted by molar-refractivity contribution is 5.81. The normalized spacial score (nSPS) is 10.1. The number of hydrogen-bond acceptors (Lipinski definition) is 3. The van der Waals surface area contributed by atoms with Crippen LogP contribution in [0.5, 0.6) is 0 Å². The predicted octanol–water partition coefficient (Wildman–Crippen LogP) is -0.561. The molecule has 2 aromatic rings. The van der Waals surface area contributed by atoms with Crippen molar-refractivity contribution >= 4 is 16.8 Å². The van der Waals surface area contributed by atoms with E-state index in [1.807, 2.05) is 0 Å². The lowest BCUT2D eigenvalue weighted by Gasteiger charge is -2.08. The number of aromatic amines is 1. The molecule has 6 heteroatoms. The third kappa shape index (κ3) is 2.55. The van der Waals surface area contributed by atoms with Crippen molar-refractivity contribution in [3.63, 3.8) is 0 Å². The van der Waals surface area contributed by atoms with Crippen LogP contribution in [-0.2, 0) is 11.3 Å². The second-order valence-corrected chi connectivity index (χ2v) is 3.84. The Morgan fingerprint density at radius 2 is 2.11 bits per heavy atom. The van der Waals surface area contributed by atoms with E-state index in [-0.39, 0.29) is 13.1 Å². The average Bonchev–Trinajstić information content (AvgIpc) is 2.41. The van der Waals surface area contributed by atoms with Gasteiger partial charge in [0.05, 0.1) is 17.4 Å². The first kappa shape index (κ1) is 12.6. The minimum atomic E-state index is -0.625. The first-order valence-electron chi connectivity index (χ1n) is 5.55. The van der Waals surface area contributed by atoms with Gasteiger partial charge in [-0.3, -0.25) is 19.1 Å². The summed E-state index contributed by atoms with van der Waals surface area (Å²) in [4.78, 5) is 37.1. The van der Waals surface area contributed by atoms with Gasteiger partial charge >= 0.3 is 5.69 Å². The Morgan fingerprint density at radius 1 is 1.37 bits per heavy atom. The molecular formula is C13H11N3O3. The van der Waals surface area contributed by atoms with E-state index in [1.165, 1.54) is 4.57 Å². The van der Waals surface area contributed by atoms with Gasteiger partial charge in [-0.1, -0.05) is 18.1 Å². The maximum absolute atomic E-state index is 11.8. The van der Waals surface area contributed by atoms with Gasteiger partial charge in [0.15, 0.2) is 0 Å². The molecule has 0 fully saturated rings. The van der Waals surface area contributed by atoms with Gasteiger partial charge in [-0.25, -0.2) is 4.79 Å². The lowest BCUT2D eigenvalue weighted by molar-refractivity contribution is -0.121. The number of benzene rings is 1. The standard InChI is InChI=1S/C13H11N3O3/c1-2-7-14-11(17)8-16-10-6-4-3-5-9(10)12(18)15-13(16)19/h1,3-6H,7-8H2,(H,14,17)(H,15,18,19). The largest absolute Gasteiger partial charge is 0.344 e.